The van der Waals surface area contributed by atoms with E-state index in [1.165, 1.54) is 6.42 Å². The fourth-order valence-electron chi connectivity index (χ4n) is 3.15. The molecule has 2 fully saturated rings. The van der Waals surface area contributed by atoms with Crippen molar-refractivity contribution in [2.24, 2.45) is 11.3 Å². The number of nitriles is 1. The van der Waals surface area contributed by atoms with Crippen LogP contribution in [0.1, 0.15) is 39.0 Å². The topological polar surface area (TPSA) is 53.3 Å². The molecule has 0 aromatic rings. The summed E-state index contributed by atoms with van der Waals surface area (Å²) in [4.78, 5) is 14.0. The van der Waals surface area contributed by atoms with E-state index in [-0.39, 0.29) is 12.0 Å². The third-order valence-corrected chi connectivity index (χ3v) is 4.12. The molecule has 0 radical (unpaired) electrons. The molecular weight excluding hydrogens is 228 g/mol. The number of nitrogens with zero attached hydrogens (tertiary/aromatic N) is 2. The zero-order chi connectivity index (χ0) is 13.2. The minimum atomic E-state index is -0.747. The van der Waals surface area contributed by atoms with Crippen LogP contribution < -0.4 is 0 Å². The van der Waals surface area contributed by atoms with Gasteiger partial charge < -0.3 is 9.64 Å². The van der Waals surface area contributed by atoms with Crippen LogP contribution in [0.25, 0.3) is 0 Å². The van der Waals surface area contributed by atoms with Crippen molar-refractivity contribution in [2.75, 3.05) is 20.2 Å². The van der Waals surface area contributed by atoms with Gasteiger partial charge in [0.1, 0.15) is 5.41 Å². The van der Waals surface area contributed by atoms with Gasteiger partial charge in [-0.25, -0.2) is 0 Å². The normalized spacial score (nSPS) is 35.4. The Labute approximate surface area is 109 Å². The number of hydrogen-bond donors (Lipinski definition) is 0. The standard InChI is InChI=1S/C14H22N2O2/c1-11-7-14(8-11,10-15)13(17)16(2)9-12-5-3-4-6-18-12/h11-12H,3-9H2,1-2H3. The van der Waals surface area contributed by atoms with Crippen LogP contribution in [0.4, 0.5) is 0 Å². The fraction of sp³-hybridized carbons (Fsp3) is 0.857. The van der Waals surface area contributed by atoms with Gasteiger partial charge in [-0.05, 0) is 38.0 Å². The third kappa shape index (κ3) is 2.51. The molecule has 0 aromatic carbocycles. The van der Waals surface area contributed by atoms with Crippen molar-refractivity contribution in [3.05, 3.63) is 0 Å². The first-order valence-corrected chi connectivity index (χ1v) is 6.86. The van der Waals surface area contributed by atoms with Gasteiger partial charge in [0.2, 0.25) is 5.91 Å². The summed E-state index contributed by atoms with van der Waals surface area (Å²) in [5.41, 5.74) is -0.747. The molecule has 1 heterocycles. The maximum atomic E-state index is 12.3. The van der Waals surface area contributed by atoms with Crippen molar-refractivity contribution >= 4 is 5.91 Å². The average molecular weight is 250 g/mol. The number of likely N-dealkylation sites (N-methyl/N-ethyl adjacent to an activating group) is 1. The molecule has 4 nitrogen and oxygen atoms in total. The Balaban J connectivity index is 1.90. The van der Waals surface area contributed by atoms with Gasteiger partial charge in [-0.15, -0.1) is 0 Å². The van der Waals surface area contributed by atoms with Crippen LogP contribution >= 0.6 is 0 Å². The monoisotopic (exact) mass is 250 g/mol. The van der Waals surface area contributed by atoms with Crippen LogP contribution in [0.2, 0.25) is 0 Å². The Morgan fingerprint density at radius 1 is 1.50 bits per heavy atom. The van der Waals surface area contributed by atoms with Crippen LogP contribution in [0.15, 0.2) is 0 Å². The molecule has 1 aliphatic heterocycles. The molecule has 2 aliphatic rings. The summed E-state index contributed by atoms with van der Waals surface area (Å²) in [5, 5.41) is 9.25. The SMILES string of the molecule is CC1CC(C#N)(C(=O)N(C)CC2CCCCO2)C1. The van der Waals surface area contributed by atoms with Crippen LogP contribution in [-0.2, 0) is 9.53 Å². The molecule has 0 spiro atoms. The molecule has 1 aliphatic carbocycles. The van der Waals surface area contributed by atoms with Gasteiger partial charge in [0.15, 0.2) is 0 Å². The van der Waals surface area contributed by atoms with Gasteiger partial charge in [-0.1, -0.05) is 6.92 Å². The molecule has 0 N–H and O–H groups in total. The largest absolute Gasteiger partial charge is 0.376 e. The lowest BCUT2D eigenvalue weighted by atomic mass is 9.63. The first-order valence-electron chi connectivity index (χ1n) is 6.86. The summed E-state index contributed by atoms with van der Waals surface area (Å²) >= 11 is 0. The van der Waals surface area contributed by atoms with E-state index in [1.54, 1.807) is 11.9 Å². The Kier molecular flexibility index (Phi) is 3.91. The van der Waals surface area contributed by atoms with E-state index >= 15 is 0 Å². The second-order valence-electron chi connectivity index (χ2n) is 5.88. The summed E-state index contributed by atoms with van der Waals surface area (Å²) in [5.74, 6) is 0.477. The molecule has 0 aromatic heterocycles. The van der Waals surface area contributed by atoms with E-state index in [4.69, 9.17) is 4.74 Å². The lowest BCUT2D eigenvalue weighted by Crippen LogP contribution is -2.50. The Bertz CT molecular complexity index is 349. The fourth-order valence-corrected chi connectivity index (χ4v) is 3.15. The first kappa shape index (κ1) is 13.4. The molecule has 18 heavy (non-hydrogen) atoms. The molecule has 1 saturated heterocycles. The molecule has 2 rings (SSSR count). The van der Waals surface area contributed by atoms with E-state index in [9.17, 15) is 10.1 Å². The Morgan fingerprint density at radius 2 is 2.22 bits per heavy atom. The van der Waals surface area contributed by atoms with Crippen LogP contribution in [-0.4, -0.2) is 37.1 Å². The smallest absolute Gasteiger partial charge is 0.242 e. The van der Waals surface area contributed by atoms with Crippen LogP contribution in [0.5, 0.6) is 0 Å². The van der Waals surface area contributed by atoms with Crippen LogP contribution in [0, 0.1) is 22.7 Å². The minimum Gasteiger partial charge on any atom is -0.376 e. The van der Waals surface area contributed by atoms with Crippen molar-refractivity contribution in [1.82, 2.24) is 4.90 Å². The van der Waals surface area contributed by atoms with E-state index in [0.717, 1.165) is 19.4 Å². The van der Waals surface area contributed by atoms with Gasteiger partial charge in [0, 0.05) is 20.2 Å². The number of hydrogen-bond acceptors (Lipinski definition) is 3. The highest BCUT2D eigenvalue weighted by atomic mass is 16.5. The molecule has 100 valence electrons. The molecule has 4 heteroatoms. The van der Waals surface area contributed by atoms with E-state index < -0.39 is 5.41 Å². The number of carbonyl (C=O) groups excluding carboxylic acids is 1. The molecule has 1 amide bonds. The second-order valence-corrected chi connectivity index (χ2v) is 5.88. The van der Waals surface area contributed by atoms with Crippen molar-refractivity contribution in [1.29, 1.82) is 5.26 Å². The highest BCUT2D eigenvalue weighted by Crippen LogP contribution is 2.46. The van der Waals surface area contributed by atoms with Crippen molar-refractivity contribution in [2.45, 2.75) is 45.1 Å². The zero-order valence-corrected chi connectivity index (χ0v) is 11.3. The first-order chi connectivity index (χ1) is 8.57. The Morgan fingerprint density at radius 3 is 2.72 bits per heavy atom. The summed E-state index contributed by atoms with van der Waals surface area (Å²) < 4.78 is 5.64. The van der Waals surface area contributed by atoms with Crippen molar-refractivity contribution < 1.29 is 9.53 Å². The van der Waals surface area contributed by atoms with Gasteiger partial charge in [0.25, 0.3) is 0 Å². The summed E-state index contributed by atoms with van der Waals surface area (Å²) in [6.07, 6.45) is 4.88. The third-order valence-electron chi connectivity index (χ3n) is 4.12. The molecule has 1 unspecified atom stereocenters. The van der Waals surface area contributed by atoms with E-state index in [1.807, 2.05) is 0 Å². The lowest BCUT2D eigenvalue weighted by molar-refractivity contribution is -0.146. The van der Waals surface area contributed by atoms with Gasteiger partial charge in [-0.3, -0.25) is 4.79 Å². The van der Waals surface area contributed by atoms with E-state index in [2.05, 4.69) is 13.0 Å². The summed E-state index contributed by atoms with van der Waals surface area (Å²) in [6, 6.07) is 2.23. The van der Waals surface area contributed by atoms with Gasteiger partial charge >= 0.3 is 0 Å². The summed E-state index contributed by atoms with van der Waals surface area (Å²) in [7, 11) is 1.79. The molecule has 1 saturated carbocycles. The molecule has 0 bridgehead atoms. The number of amides is 1. The highest BCUT2D eigenvalue weighted by molar-refractivity contribution is 5.86. The van der Waals surface area contributed by atoms with Gasteiger partial charge in [0.05, 0.1) is 12.2 Å². The van der Waals surface area contributed by atoms with E-state index in [0.29, 0.717) is 25.3 Å². The predicted octanol–water partition coefficient (Wildman–Crippen LogP) is 1.95. The van der Waals surface area contributed by atoms with Crippen LogP contribution in [0.3, 0.4) is 0 Å². The predicted molar refractivity (Wildman–Crippen MR) is 67.7 cm³/mol. The lowest BCUT2D eigenvalue weighted by Gasteiger charge is -2.42. The quantitative estimate of drug-likeness (QED) is 0.769. The minimum absolute atomic E-state index is 0.0164. The second kappa shape index (κ2) is 5.27. The van der Waals surface area contributed by atoms with Crippen molar-refractivity contribution in [3.63, 3.8) is 0 Å². The number of rotatable bonds is 3. The highest BCUT2D eigenvalue weighted by Gasteiger charge is 2.50. The molecule has 1 atom stereocenters. The Hall–Kier alpha value is -1.08. The number of carbonyl (C=O) groups is 1. The zero-order valence-electron chi connectivity index (χ0n) is 11.3. The maximum Gasteiger partial charge on any atom is 0.242 e. The average Bonchev–Trinajstić information content (AvgIpc) is 2.35. The summed E-state index contributed by atoms with van der Waals surface area (Å²) in [6.45, 7) is 3.51. The number of ether oxygens (including phenoxy) is 1. The van der Waals surface area contributed by atoms with Gasteiger partial charge in [-0.2, -0.15) is 5.26 Å². The maximum absolute atomic E-state index is 12.3. The molecular formula is C14H22N2O2. The van der Waals surface area contributed by atoms with Crippen molar-refractivity contribution in [3.8, 4) is 6.07 Å².